The zero-order valence-electron chi connectivity index (χ0n) is 25.4. The Morgan fingerprint density at radius 3 is 2.33 bits per heavy atom. The summed E-state index contributed by atoms with van der Waals surface area (Å²) >= 11 is 0. The van der Waals surface area contributed by atoms with Gasteiger partial charge in [0.1, 0.15) is 17.1 Å². The lowest BCUT2D eigenvalue weighted by Crippen LogP contribution is -2.24. The third kappa shape index (κ3) is 6.90. The molecule has 7 nitrogen and oxygen atoms in total. The molecule has 1 heterocycles. The van der Waals surface area contributed by atoms with Crippen molar-refractivity contribution in [2.24, 2.45) is 0 Å². The standard InChI is InChI=1S/C35H39NO6/c1-8-34(4,5)24-13-15-30(28(19-24)35(6,7)9-2)40-21-31(37)36-25-12-10-11-23(18-25)33(39)41-26-14-16-29-27(20-26)22(3)17-32(38)42-29/h10-20H,8-9,21H2,1-7H3,(H,36,37). The van der Waals surface area contributed by atoms with Crippen molar-refractivity contribution in [3.8, 4) is 11.5 Å². The Balaban J connectivity index is 1.44. The van der Waals surface area contributed by atoms with Crippen LogP contribution in [-0.2, 0) is 15.6 Å². The van der Waals surface area contributed by atoms with Gasteiger partial charge in [0.05, 0.1) is 5.56 Å². The number of carbonyl (C=O) groups excluding carboxylic acids is 2. The van der Waals surface area contributed by atoms with Crippen molar-refractivity contribution in [3.63, 3.8) is 0 Å². The molecule has 4 rings (SSSR count). The maximum absolute atomic E-state index is 12.9. The molecule has 0 aliphatic rings. The van der Waals surface area contributed by atoms with Gasteiger partial charge >= 0.3 is 11.6 Å². The molecule has 0 radical (unpaired) electrons. The number of rotatable bonds is 10. The Morgan fingerprint density at radius 2 is 1.62 bits per heavy atom. The van der Waals surface area contributed by atoms with Gasteiger partial charge in [-0.05, 0) is 84.2 Å². The van der Waals surface area contributed by atoms with Crippen LogP contribution in [0.4, 0.5) is 5.69 Å². The first kappa shape index (κ1) is 30.6. The van der Waals surface area contributed by atoms with Crippen molar-refractivity contribution < 1.29 is 23.5 Å². The highest BCUT2D eigenvalue weighted by Crippen LogP contribution is 2.38. The number of nitrogens with one attached hydrogen (secondary N) is 1. The van der Waals surface area contributed by atoms with E-state index in [1.165, 1.54) is 11.6 Å². The number of ether oxygens (including phenoxy) is 2. The van der Waals surface area contributed by atoms with Gasteiger partial charge in [-0.15, -0.1) is 0 Å². The molecule has 0 aliphatic heterocycles. The third-order valence-corrected chi connectivity index (χ3v) is 8.13. The molecule has 7 heteroatoms. The predicted molar refractivity (Wildman–Crippen MR) is 166 cm³/mol. The van der Waals surface area contributed by atoms with E-state index in [1.54, 1.807) is 49.4 Å². The minimum atomic E-state index is -0.585. The van der Waals surface area contributed by atoms with Gasteiger partial charge in [0.15, 0.2) is 6.61 Å². The van der Waals surface area contributed by atoms with Crippen molar-refractivity contribution in [2.75, 3.05) is 11.9 Å². The van der Waals surface area contributed by atoms with Crippen LogP contribution in [0.1, 0.15) is 81.4 Å². The number of benzene rings is 3. The molecule has 1 N–H and O–H groups in total. The SMILES string of the molecule is CCC(C)(C)c1ccc(OCC(=O)Nc2cccc(C(=O)Oc3ccc4oc(=O)cc(C)c4c3)c2)c(C(C)(C)CC)c1. The van der Waals surface area contributed by atoms with Gasteiger partial charge in [0, 0.05) is 22.7 Å². The predicted octanol–water partition coefficient (Wildman–Crippen LogP) is 7.71. The van der Waals surface area contributed by atoms with E-state index in [0.717, 1.165) is 24.0 Å². The maximum atomic E-state index is 12.9. The fraction of sp³-hybridized carbons (Fsp3) is 0.343. The van der Waals surface area contributed by atoms with Gasteiger partial charge in [-0.2, -0.15) is 0 Å². The van der Waals surface area contributed by atoms with Crippen LogP contribution in [0.2, 0.25) is 0 Å². The van der Waals surface area contributed by atoms with Crippen LogP contribution >= 0.6 is 0 Å². The van der Waals surface area contributed by atoms with Gasteiger partial charge < -0.3 is 19.2 Å². The van der Waals surface area contributed by atoms with Crippen molar-refractivity contribution in [3.05, 3.63) is 99.4 Å². The Morgan fingerprint density at radius 1 is 0.881 bits per heavy atom. The van der Waals surface area contributed by atoms with E-state index in [9.17, 15) is 14.4 Å². The van der Waals surface area contributed by atoms with Crippen LogP contribution in [0.15, 0.2) is 75.9 Å². The quantitative estimate of drug-likeness (QED) is 0.119. The molecule has 0 aliphatic carbocycles. The van der Waals surface area contributed by atoms with Crippen molar-refractivity contribution >= 4 is 28.5 Å². The number of fused-ring (bicyclic) bond motifs is 1. The molecular weight excluding hydrogens is 530 g/mol. The smallest absolute Gasteiger partial charge is 0.343 e. The second-order valence-electron chi connectivity index (χ2n) is 11.9. The molecular formula is C35H39NO6. The molecule has 1 aromatic heterocycles. The maximum Gasteiger partial charge on any atom is 0.343 e. The average molecular weight is 570 g/mol. The summed E-state index contributed by atoms with van der Waals surface area (Å²) in [6, 6.07) is 19.0. The summed E-state index contributed by atoms with van der Waals surface area (Å²) in [4.78, 5) is 37.3. The average Bonchev–Trinajstić information content (AvgIpc) is 2.96. The Hall–Kier alpha value is -4.39. The Kier molecular flexibility index (Phi) is 8.90. The lowest BCUT2D eigenvalue weighted by molar-refractivity contribution is -0.118. The molecule has 0 fully saturated rings. The molecule has 0 unspecified atom stereocenters. The van der Waals surface area contributed by atoms with E-state index in [0.29, 0.717) is 28.2 Å². The Labute approximate surface area is 246 Å². The van der Waals surface area contributed by atoms with E-state index in [4.69, 9.17) is 13.9 Å². The first-order chi connectivity index (χ1) is 19.8. The van der Waals surface area contributed by atoms with Crippen molar-refractivity contribution in [1.29, 1.82) is 0 Å². The summed E-state index contributed by atoms with van der Waals surface area (Å²) in [6.07, 6.45) is 1.93. The van der Waals surface area contributed by atoms with E-state index in [1.807, 2.05) is 6.07 Å². The fourth-order valence-electron chi connectivity index (χ4n) is 4.59. The summed E-state index contributed by atoms with van der Waals surface area (Å²) < 4.78 is 16.8. The molecule has 0 atom stereocenters. The monoisotopic (exact) mass is 569 g/mol. The third-order valence-electron chi connectivity index (χ3n) is 8.13. The van der Waals surface area contributed by atoms with Crippen LogP contribution in [0.5, 0.6) is 11.5 Å². The number of aryl methyl sites for hydroxylation is 1. The van der Waals surface area contributed by atoms with Gasteiger partial charge in [-0.3, -0.25) is 4.79 Å². The number of anilines is 1. The highest BCUT2D eigenvalue weighted by Gasteiger charge is 2.27. The molecule has 1 amide bonds. The number of hydrogen-bond donors (Lipinski definition) is 1. The zero-order chi connectivity index (χ0) is 30.7. The van der Waals surface area contributed by atoms with Crippen LogP contribution in [0.25, 0.3) is 11.0 Å². The lowest BCUT2D eigenvalue weighted by Gasteiger charge is -2.30. The van der Waals surface area contributed by atoms with Gasteiger partial charge in [-0.25, -0.2) is 9.59 Å². The summed E-state index contributed by atoms with van der Waals surface area (Å²) in [6.45, 7) is 14.8. The van der Waals surface area contributed by atoms with Gasteiger partial charge in [0.2, 0.25) is 0 Å². The summed E-state index contributed by atoms with van der Waals surface area (Å²) in [5, 5.41) is 3.49. The van der Waals surface area contributed by atoms with Gasteiger partial charge in [-0.1, -0.05) is 59.7 Å². The van der Waals surface area contributed by atoms with E-state index >= 15 is 0 Å². The van der Waals surface area contributed by atoms with E-state index in [2.05, 4.69) is 59.0 Å². The second kappa shape index (κ2) is 12.2. The number of amides is 1. The molecule has 3 aromatic carbocycles. The molecule has 4 aromatic rings. The summed E-state index contributed by atoms with van der Waals surface area (Å²) in [5.74, 6) is 0.0739. The van der Waals surface area contributed by atoms with Gasteiger partial charge in [0.25, 0.3) is 5.91 Å². The Bertz CT molecular complexity index is 1680. The van der Waals surface area contributed by atoms with E-state index < -0.39 is 11.6 Å². The minimum Gasteiger partial charge on any atom is -0.483 e. The number of hydrogen-bond acceptors (Lipinski definition) is 6. The largest absolute Gasteiger partial charge is 0.483 e. The molecule has 0 saturated carbocycles. The highest BCUT2D eigenvalue weighted by atomic mass is 16.5. The summed E-state index contributed by atoms with van der Waals surface area (Å²) in [5.41, 5.74) is 3.64. The van der Waals surface area contributed by atoms with E-state index in [-0.39, 0.29) is 28.9 Å². The zero-order valence-corrected chi connectivity index (χ0v) is 25.4. The number of carbonyl (C=O) groups is 2. The molecule has 0 bridgehead atoms. The molecule has 220 valence electrons. The summed E-state index contributed by atoms with van der Waals surface area (Å²) in [7, 11) is 0. The fourth-order valence-corrected chi connectivity index (χ4v) is 4.59. The number of esters is 1. The topological polar surface area (TPSA) is 94.8 Å². The molecule has 42 heavy (non-hydrogen) atoms. The normalized spacial score (nSPS) is 11.8. The highest BCUT2D eigenvalue weighted by molar-refractivity contribution is 5.96. The van der Waals surface area contributed by atoms with Crippen LogP contribution in [-0.4, -0.2) is 18.5 Å². The van der Waals surface area contributed by atoms with Crippen molar-refractivity contribution in [1.82, 2.24) is 0 Å². The second-order valence-corrected chi connectivity index (χ2v) is 11.9. The van der Waals surface area contributed by atoms with Crippen LogP contribution in [0.3, 0.4) is 0 Å². The van der Waals surface area contributed by atoms with Crippen LogP contribution < -0.4 is 20.4 Å². The lowest BCUT2D eigenvalue weighted by atomic mass is 9.76. The first-order valence-electron chi connectivity index (χ1n) is 14.3. The molecule has 0 spiro atoms. The minimum absolute atomic E-state index is 0.0331. The first-order valence-corrected chi connectivity index (χ1v) is 14.3. The van der Waals surface area contributed by atoms with Crippen LogP contribution in [0, 0.1) is 6.92 Å². The van der Waals surface area contributed by atoms with Crippen molar-refractivity contribution in [2.45, 2.75) is 72.1 Å². The molecule has 0 saturated heterocycles.